The van der Waals surface area contributed by atoms with E-state index in [1.54, 1.807) is 0 Å². The lowest BCUT2D eigenvalue weighted by atomic mass is 10.0. The highest BCUT2D eigenvalue weighted by molar-refractivity contribution is 6.31. The predicted octanol–water partition coefficient (Wildman–Crippen LogP) is 6.09. The van der Waals surface area contributed by atoms with Gasteiger partial charge in [0.2, 0.25) is 11.8 Å². The van der Waals surface area contributed by atoms with Crippen LogP contribution in [-0.4, -0.2) is 51.9 Å². The van der Waals surface area contributed by atoms with Gasteiger partial charge in [-0.3, -0.25) is 19.4 Å². The van der Waals surface area contributed by atoms with Crippen LogP contribution < -0.4 is 0 Å². The van der Waals surface area contributed by atoms with Crippen molar-refractivity contribution in [1.29, 1.82) is 0 Å². The lowest BCUT2D eigenvalue weighted by Crippen LogP contribution is -2.54. The number of piperazine rings is 1. The van der Waals surface area contributed by atoms with Crippen molar-refractivity contribution in [2.75, 3.05) is 19.6 Å². The Morgan fingerprint density at radius 3 is 2.36 bits per heavy atom. The number of amides is 3. The SMILES string of the molecule is Cn1c(-c2ccc(Cl)cc2)c(CCC(=O)N2CCN(C(=O)OCc3ccccc3)CC2=O)c2cc(Cl)ccc21. The largest absolute Gasteiger partial charge is 0.445 e. The van der Waals surface area contributed by atoms with Gasteiger partial charge < -0.3 is 9.30 Å². The van der Waals surface area contributed by atoms with Crippen LogP contribution in [0.15, 0.2) is 72.8 Å². The molecule has 2 heterocycles. The molecule has 0 atom stereocenters. The van der Waals surface area contributed by atoms with E-state index in [2.05, 4.69) is 4.57 Å². The van der Waals surface area contributed by atoms with E-state index in [0.29, 0.717) is 16.5 Å². The zero-order chi connectivity index (χ0) is 27.5. The number of aromatic nitrogens is 1. The van der Waals surface area contributed by atoms with Crippen LogP contribution in [0, 0.1) is 0 Å². The Hall–Kier alpha value is -3.81. The fourth-order valence-corrected chi connectivity index (χ4v) is 5.29. The highest BCUT2D eigenvalue weighted by atomic mass is 35.5. The van der Waals surface area contributed by atoms with E-state index < -0.39 is 12.0 Å². The van der Waals surface area contributed by atoms with Crippen LogP contribution in [0.1, 0.15) is 17.5 Å². The lowest BCUT2D eigenvalue weighted by Gasteiger charge is -2.32. The van der Waals surface area contributed by atoms with Gasteiger partial charge in [0.15, 0.2) is 0 Å². The number of halogens is 2. The van der Waals surface area contributed by atoms with Crippen LogP contribution in [-0.2, 0) is 34.4 Å². The number of hydrogen-bond donors (Lipinski definition) is 0. The molecular weight excluding hydrogens is 537 g/mol. The molecule has 9 heteroatoms. The topological polar surface area (TPSA) is 71.8 Å². The van der Waals surface area contributed by atoms with E-state index in [1.165, 1.54) is 9.80 Å². The molecule has 3 aromatic carbocycles. The van der Waals surface area contributed by atoms with Crippen LogP contribution in [0.25, 0.3) is 22.2 Å². The van der Waals surface area contributed by atoms with Crippen molar-refractivity contribution in [1.82, 2.24) is 14.4 Å². The van der Waals surface area contributed by atoms with Gasteiger partial charge in [-0.25, -0.2) is 4.79 Å². The molecule has 0 bridgehead atoms. The number of nitrogens with zero attached hydrogens (tertiary/aromatic N) is 3. The number of hydrogen-bond acceptors (Lipinski definition) is 4. The Kier molecular flexibility index (Phi) is 7.91. The predicted molar refractivity (Wildman–Crippen MR) is 152 cm³/mol. The van der Waals surface area contributed by atoms with Crippen LogP contribution >= 0.6 is 23.2 Å². The molecule has 7 nitrogen and oxygen atoms in total. The molecule has 0 radical (unpaired) electrons. The molecule has 3 amide bonds. The first-order valence-corrected chi connectivity index (χ1v) is 13.4. The van der Waals surface area contributed by atoms with Gasteiger partial charge in [0.25, 0.3) is 0 Å². The molecule has 1 fully saturated rings. The number of fused-ring (bicyclic) bond motifs is 1. The molecule has 5 rings (SSSR count). The molecule has 1 saturated heterocycles. The molecule has 200 valence electrons. The molecule has 0 saturated carbocycles. The summed E-state index contributed by atoms with van der Waals surface area (Å²) >= 11 is 12.4. The molecule has 4 aromatic rings. The maximum atomic E-state index is 13.2. The summed E-state index contributed by atoms with van der Waals surface area (Å²) in [4.78, 5) is 41.1. The zero-order valence-corrected chi connectivity index (χ0v) is 22.9. The molecule has 0 spiro atoms. The molecule has 0 N–H and O–H groups in total. The van der Waals surface area contributed by atoms with Gasteiger partial charge in [-0.05, 0) is 53.4 Å². The third-order valence-electron chi connectivity index (χ3n) is 6.96. The second-order valence-corrected chi connectivity index (χ2v) is 10.3. The third kappa shape index (κ3) is 5.79. The van der Waals surface area contributed by atoms with Gasteiger partial charge in [-0.1, -0.05) is 65.7 Å². The van der Waals surface area contributed by atoms with E-state index in [4.69, 9.17) is 27.9 Å². The number of rotatable bonds is 6. The summed E-state index contributed by atoms with van der Waals surface area (Å²) in [5, 5.41) is 2.20. The average Bonchev–Trinajstić information content (AvgIpc) is 3.21. The summed E-state index contributed by atoms with van der Waals surface area (Å²) in [6.45, 7) is 0.284. The lowest BCUT2D eigenvalue weighted by molar-refractivity contribution is -0.148. The number of aryl methyl sites for hydroxylation is 2. The number of carbonyl (C=O) groups excluding carboxylic acids is 3. The number of imide groups is 1. The van der Waals surface area contributed by atoms with Crippen LogP contribution in [0.2, 0.25) is 10.0 Å². The molecule has 1 aliphatic rings. The molecule has 0 unspecified atom stereocenters. The van der Waals surface area contributed by atoms with Gasteiger partial charge in [-0.2, -0.15) is 0 Å². The van der Waals surface area contributed by atoms with Crippen LogP contribution in [0.5, 0.6) is 0 Å². The minimum Gasteiger partial charge on any atom is -0.445 e. The van der Waals surface area contributed by atoms with Crippen molar-refractivity contribution in [3.63, 3.8) is 0 Å². The van der Waals surface area contributed by atoms with E-state index in [0.717, 1.165) is 33.3 Å². The number of benzene rings is 3. The van der Waals surface area contributed by atoms with Crippen LogP contribution in [0.4, 0.5) is 4.79 Å². The first-order chi connectivity index (χ1) is 18.8. The van der Waals surface area contributed by atoms with Gasteiger partial charge in [0, 0.05) is 47.5 Å². The van der Waals surface area contributed by atoms with Gasteiger partial charge in [0.05, 0.1) is 5.69 Å². The quantitative estimate of drug-likeness (QED) is 0.284. The first kappa shape index (κ1) is 26.8. The maximum Gasteiger partial charge on any atom is 0.410 e. The summed E-state index contributed by atoms with van der Waals surface area (Å²) < 4.78 is 7.43. The molecular formula is C30H27Cl2N3O4. The average molecular weight is 564 g/mol. The second kappa shape index (κ2) is 11.5. The Labute approximate surface area is 236 Å². The summed E-state index contributed by atoms with van der Waals surface area (Å²) in [7, 11) is 1.98. The minimum absolute atomic E-state index is 0.123. The van der Waals surface area contributed by atoms with Crippen molar-refractivity contribution in [3.05, 3.63) is 94.0 Å². The molecule has 39 heavy (non-hydrogen) atoms. The van der Waals surface area contributed by atoms with E-state index in [9.17, 15) is 14.4 Å². The van der Waals surface area contributed by atoms with Crippen molar-refractivity contribution in [2.45, 2.75) is 19.4 Å². The zero-order valence-electron chi connectivity index (χ0n) is 21.4. The number of ether oxygens (including phenoxy) is 1. The van der Waals surface area contributed by atoms with E-state index in [-0.39, 0.29) is 38.6 Å². The highest BCUT2D eigenvalue weighted by Crippen LogP contribution is 2.36. The monoisotopic (exact) mass is 563 g/mol. The summed E-state index contributed by atoms with van der Waals surface area (Å²) in [6, 6.07) is 22.6. The summed E-state index contributed by atoms with van der Waals surface area (Å²) in [5.74, 6) is -0.694. The fourth-order valence-electron chi connectivity index (χ4n) is 4.99. The molecule has 1 aromatic heterocycles. The van der Waals surface area contributed by atoms with Crippen molar-refractivity contribution >= 4 is 52.0 Å². The van der Waals surface area contributed by atoms with Crippen molar-refractivity contribution < 1.29 is 19.1 Å². The third-order valence-corrected chi connectivity index (χ3v) is 7.45. The summed E-state index contributed by atoms with van der Waals surface area (Å²) in [6.07, 6.45) is -0.0168. The normalized spacial score (nSPS) is 13.7. The Morgan fingerprint density at radius 2 is 1.64 bits per heavy atom. The van der Waals surface area contributed by atoms with E-state index >= 15 is 0 Å². The second-order valence-electron chi connectivity index (χ2n) is 9.46. The Balaban J connectivity index is 1.27. The van der Waals surface area contributed by atoms with Crippen molar-refractivity contribution in [3.8, 4) is 11.3 Å². The Bertz CT molecular complexity index is 1530. The maximum absolute atomic E-state index is 13.2. The molecule has 1 aliphatic heterocycles. The Morgan fingerprint density at radius 1 is 0.923 bits per heavy atom. The number of carbonyl (C=O) groups is 3. The van der Waals surface area contributed by atoms with Crippen LogP contribution in [0.3, 0.4) is 0 Å². The van der Waals surface area contributed by atoms with Gasteiger partial charge in [-0.15, -0.1) is 0 Å². The van der Waals surface area contributed by atoms with Crippen molar-refractivity contribution in [2.24, 2.45) is 7.05 Å². The fraction of sp³-hybridized carbons (Fsp3) is 0.233. The minimum atomic E-state index is -0.570. The van der Waals surface area contributed by atoms with Gasteiger partial charge in [0.1, 0.15) is 13.2 Å². The highest BCUT2D eigenvalue weighted by Gasteiger charge is 2.32. The van der Waals surface area contributed by atoms with Gasteiger partial charge >= 0.3 is 6.09 Å². The summed E-state index contributed by atoms with van der Waals surface area (Å²) in [5.41, 5.74) is 4.76. The smallest absolute Gasteiger partial charge is 0.410 e. The molecule has 0 aliphatic carbocycles. The first-order valence-electron chi connectivity index (χ1n) is 12.6. The standard InChI is InChI=1S/C30H27Cl2N3O4/c1-33-26-13-11-23(32)17-25(26)24(29(33)21-7-9-22(31)10-8-21)12-14-27(36)35-16-15-34(18-28(35)37)30(38)39-19-20-5-3-2-4-6-20/h2-11,13,17H,12,14-16,18-19H2,1H3. The van der Waals surface area contributed by atoms with E-state index in [1.807, 2.05) is 79.8 Å².